The zero-order valence-corrected chi connectivity index (χ0v) is 18.9. The first-order valence-electron chi connectivity index (χ1n) is 9.87. The molecule has 3 rings (SSSR count). The monoisotopic (exact) mass is 446 g/mol. The maximum atomic E-state index is 14.1. The highest BCUT2D eigenvalue weighted by Gasteiger charge is 2.28. The summed E-state index contributed by atoms with van der Waals surface area (Å²) < 4.78 is 14.1. The van der Waals surface area contributed by atoms with Crippen molar-refractivity contribution in [3.63, 3.8) is 0 Å². The third-order valence-electron chi connectivity index (χ3n) is 4.11. The van der Waals surface area contributed by atoms with Crippen LogP contribution in [0.15, 0.2) is 36.4 Å². The molecule has 1 aliphatic heterocycles. The molecule has 2 aromatic carbocycles. The Balaban J connectivity index is 0.000000926. The molecule has 0 radical (unpaired) electrons. The Morgan fingerprint density at radius 2 is 1.69 bits per heavy atom. The average Bonchev–Trinajstić information content (AvgIpc) is 3.16. The number of nitrogens with zero attached hydrogens (tertiary/aromatic N) is 1. The van der Waals surface area contributed by atoms with Crippen molar-refractivity contribution in [1.82, 2.24) is 15.8 Å². The van der Waals surface area contributed by atoms with E-state index >= 15 is 0 Å². The molecular formula is C23H31FN4O4. The van der Waals surface area contributed by atoms with Gasteiger partial charge in [-0.15, -0.1) is 0 Å². The number of rotatable bonds is 6. The first-order chi connectivity index (χ1) is 15.5. The van der Waals surface area contributed by atoms with Crippen LogP contribution in [-0.4, -0.2) is 51.4 Å². The Morgan fingerprint density at radius 3 is 2.22 bits per heavy atom. The Hall–Kier alpha value is -3.43. The van der Waals surface area contributed by atoms with Crippen LogP contribution in [0, 0.1) is 5.82 Å². The van der Waals surface area contributed by atoms with Crippen molar-refractivity contribution in [3.05, 3.63) is 64.5 Å². The van der Waals surface area contributed by atoms with E-state index < -0.39 is 5.82 Å². The van der Waals surface area contributed by atoms with Gasteiger partial charge in [-0.1, -0.05) is 25.1 Å². The molecule has 0 saturated heterocycles. The summed E-state index contributed by atoms with van der Waals surface area (Å²) in [4.78, 5) is 40.1. The number of hydrogen-bond donors (Lipinski definition) is 3. The molecule has 1 heterocycles. The van der Waals surface area contributed by atoms with Gasteiger partial charge in [-0.3, -0.25) is 14.6 Å². The number of halogens is 1. The summed E-state index contributed by atoms with van der Waals surface area (Å²) in [5, 5.41) is 7.42. The first-order valence-corrected chi connectivity index (χ1v) is 9.87. The van der Waals surface area contributed by atoms with Crippen LogP contribution in [0.25, 0.3) is 0 Å². The van der Waals surface area contributed by atoms with Crippen molar-refractivity contribution in [1.29, 1.82) is 0 Å². The van der Waals surface area contributed by atoms with E-state index in [4.69, 9.17) is 4.79 Å². The van der Waals surface area contributed by atoms with E-state index in [0.717, 1.165) is 17.5 Å². The average molecular weight is 447 g/mol. The third kappa shape index (κ3) is 8.01. The van der Waals surface area contributed by atoms with E-state index in [1.54, 1.807) is 31.3 Å². The maximum absolute atomic E-state index is 14.1. The maximum Gasteiger partial charge on any atom is 0.268 e. The van der Waals surface area contributed by atoms with Crippen molar-refractivity contribution in [3.8, 4) is 0 Å². The van der Waals surface area contributed by atoms with Gasteiger partial charge in [0.1, 0.15) is 18.9 Å². The zero-order chi connectivity index (χ0) is 24.5. The number of amides is 1. The van der Waals surface area contributed by atoms with Gasteiger partial charge in [0, 0.05) is 42.4 Å². The second kappa shape index (κ2) is 16.3. The number of carbonyl (C=O) groups excluding carboxylic acids is 4. The lowest BCUT2D eigenvalue weighted by Gasteiger charge is -2.13. The summed E-state index contributed by atoms with van der Waals surface area (Å²) in [6.07, 6.45) is 2.02. The van der Waals surface area contributed by atoms with E-state index in [-0.39, 0.29) is 18.0 Å². The van der Waals surface area contributed by atoms with Crippen LogP contribution in [0.5, 0.6) is 0 Å². The number of anilines is 1. The standard InChI is InChI=1S/C17H16FN3O2.C3H6O.C2H7N.CH2O/c1-19-21-9-14-13(17(21)23)6-3-7-15(14)20-8-11-4-2-5-12(10-22)16(11)18;1-2-3-4;1-3-2;1-2/h2-7,10,19-20H,8-9H2,1H3;3H,2H2,1H3;3H,1-2H3;1H2. The lowest BCUT2D eigenvalue weighted by Crippen LogP contribution is -2.34. The molecule has 0 aliphatic carbocycles. The normalized spacial score (nSPS) is 10.9. The second-order valence-corrected chi connectivity index (χ2v) is 6.31. The highest BCUT2D eigenvalue weighted by Crippen LogP contribution is 2.28. The van der Waals surface area contributed by atoms with Crippen LogP contribution in [0.1, 0.15) is 45.2 Å². The van der Waals surface area contributed by atoms with Crippen molar-refractivity contribution in [2.24, 2.45) is 0 Å². The molecule has 0 bridgehead atoms. The van der Waals surface area contributed by atoms with Crippen LogP contribution < -0.4 is 16.1 Å². The van der Waals surface area contributed by atoms with Gasteiger partial charge in [-0.2, -0.15) is 0 Å². The van der Waals surface area contributed by atoms with E-state index in [9.17, 15) is 18.8 Å². The van der Waals surface area contributed by atoms with Gasteiger partial charge in [0.25, 0.3) is 5.91 Å². The van der Waals surface area contributed by atoms with Gasteiger partial charge < -0.3 is 20.2 Å². The fourth-order valence-corrected chi connectivity index (χ4v) is 2.70. The molecule has 0 aromatic heterocycles. The van der Waals surface area contributed by atoms with Crippen LogP contribution in [0.3, 0.4) is 0 Å². The molecule has 0 spiro atoms. The fraction of sp³-hybridized carbons (Fsp3) is 0.304. The highest BCUT2D eigenvalue weighted by molar-refractivity contribution is 5.99. The number of benzene rings is 2. The van der Waals surface area contributed by atoms with Gasteiger partial charge in [0.15, 0.2) is 6.29 Å². The third-order valence-corrected chi connectivity index (χ3v) is 4.11. The van der Waals surface area contributed by atoms with E-state index in [2.05, 4.69) is 16.1 Å². The number of hydrogen-bond acceptors (Lipinski definition) is 7. The minimum Gasteiger partial charge on any atom is -0.381 e. The molecule has 9 heteroatoms. The fourth-order valence-electron chi connectivity index (χ4n) is 2.70. The molecule has 0 unspecified atom stereocenters. The smallest absolute Gasteiger partial charge is 0.268 e. The molecule has 1 amide bonds. The lowest BCUT2D eigenvalue weighted by molar-refractivity contribution is -0.107. The molecule has 2 aromatic rings. The lowest BCUT2D eigenvalue weighted by atomic mass is 10.1. The van der Waals surface area contributed by atoms with Crippen LogP contribution >= 0.6 is 0 Å². The molecule has 0 atom stereocenters. The number of carbonyl (C=O) groups is 4. The Bertz CT molecular complexity index is 877. The second-order valence-electron chi connectivity index (χ2n) is 6.31. The molecule has 1 aliphatic rings. The zero-order valence-electron chi connectivity index (χ0n) is 18.9. The van der Waals surface area contributed by atoms with Gasteiger partial charge in [-0.05, 0) is 32.3 Å². The van der Waals surface area contributed by atoms with Crippen molar-refractivity contribution < 1.29 is 23.6 Å². The van der Waals surface area contributed by atoms with Crippen LogP contribution in [-0.2, 0) is 22.7 Å². The minimum absolute atomic E-state index is 0.0409. The van der Waals surface area contributed by atoms with Crippen molar-refractivity contribution >= 4 is 31.0 Å². The topological polar surface area (TPSA) is 108 Å². The summed E-state index contributed by atoms with van der Waals surface area (Å²) >= 11 is 0. The molecule has 8 nitrogen and oxygen atoms in total. The molecule has 32 heavy (non-hydrogen) atoms. The van der Waals surface area contributed by atoms with Gasteiger partial charge in [0.2, 0.25) is 0 Å². The van der Waals surface area contributed by atoms with Gasteiger partial charge in [0.05, 0.1) is 12.1 Å². The molecule has 0 saturated carbocycles. The van der Waals surface area contributed by atoms with Gasteiger partial charge >= 0.3 is 0 Å². The molecule has 174 valence electrons. The van der Waals surface area contributed by atoms with E-state index in [1.807, 2.05) is 33.9 Å². The summed E-state index contributed by atoms with van der Waals surface area (Å²) in [5.74, 6) is -0.601. The summed E-state index contributed by atoms with van der Waals surface area (Å²) in [6, 6.07) is 10.1. The number of hydrazine groups is 1. The Labute approximate surface area is 188 Å². The summed E-state index contributed by atoms with van der Waals surface area (Å²) in [6.45, 7) is 4.50. The van der Waals surface area contributed by atoms with Crippen molar-refractivity contribution in [2.75, 3.05) is 26.5 Å². The predicted molar refractivity (Wildman–Crippen MR) is 123 cm³/mol. The van der Waals surface area contributed by atoms with Crippen LogP contribution in [0.4, 0.5) is 10.1 Å². The van der Waals surface area contributed by atoms with Crippen LogP contribution in [0.2, 0.25) is 0 Å². The summed E-state index contributed by atoms with van der Waals surface area (Å²) in [7, 11) is 5.44. The molecule has 3 N–H and O–H groups in total. The minimum atomic E-state index is -0.518. The summed E-state index contributed by atoms with van der Waals surface area (Å²) in [5.41, 5.74) is 5.58. The largest absolute Gasteiger partial charge is 0.381 e. The number of aldehydes is 2. The van der Waals surface area contributed by atoms with E-state index in [1.165, 1.54) is 11.1 Å². The predicted octanol–water partition coefficient (Wildman–Crippen LogP) is 2.59. The Kier molecular flexibility index (Phi) is 14.5. The first kappa shape index (κ1) is 28.6. The van der Waals surface area contributed by atoms with Crippen molar-refractivity contribution in [2.45, 2.75) is 26.4 Å². The number of nitrogens with one attached hydrogen (secondary N) is 3. The highest BCUT2D eigenvalue weighted by atomic mass is 19.1. The molecular weight excluding hydrogens is 415 g/mol. The quantitative estimate of drug-likeness (QED) is 0.586. The SMILES string of the molecule is C=O.CCC=O.CNC.CNN1Cc2c(NCc3cccc(C=O)c3F)cccc2C1=O. The molecule has 0 fully saturated rings. The van der Waals surface area contributed by atoms with Gasteiger partial charge in [-0.25, -0.2) is 9.82 Å². The number of fused-ring (bicyclic) bond motifs is 1. The Morgan fingerprint density at radius 1 is 1.09 bits per heavy atom. The van der Waals surface area contributed by atoms with E-state index in [0.29, 0.717) is 30.4 Å².